The number of rotatable bonds is 4. The second-order valence-electron chi connectivity index (χ2n) is 13.6. The smallest absolute Gasteiger partial charge is 0.358 e. The largest absolute Gasteiger partial charge is 4.00 e. The summed E-state index contributed by atoms with van der Waals surface area (Å²) < 4.78 is 0. The molecule has 2 radical (unpaired) electrons. The van der Waals surface area contributed by atoms with Crippen LogP contribution in [-0.4, -0.2) is 9.52 Å². The third kappa shape index (κ3) is 9.34. The quantitative estimate of drug-likeness (QED) is 0.123. The van der Waals surface area contributed by atoms with Crippen LogP contribution < -0.4 is 10.4 Å². The zero-order valence-electron chi connectivity index (χ0n) is 32.6. The van der Waals surface area contributed by atoms with E-state index in [2.05, 4.69) is 220 Å². The third-order valence-electron chi connectivity index (χ3n) is 9.79. The summed E-state index contributed by atoms with van der Waals surface area (Å²) in [6.45, 7) is 4.32. The molecule has 10 rings (SSSR count). The second kappa shape index (κ2) is 19.5. The first-order chi connectivity index (χ1) is 26.1. The molecule has 0 bridgehead atoms. The molecule has 0 aliphatic rings. The van der Waals surface area contributed by atoms with Crippen molar-refractivity contribution in [3.8, 4) is 22.3 Å². The maximum atomic E-state index is 2.28. The first kappa shape index (κ1) is 41.8. The number of hydrogen-bond acceptors (Lipinski definition) is 0. The normalized spacial score (nSPS) is 10.3. The fourth-order valence-corrected chi connectivity index (χ4v) is 8.42. The maximum Gasteiger partial charge on any atom is 4.00 e. The van der Waals surface area contributed by atoms with Gasteiger partial charge >= 0.3 is 26.2 Å². The Labute approximate surface area is 355 Å². The van der Waals surface area contributed by atoms with Gasteiger partial charge in [-0.05, 0) is 32.7 Å². The molecule has 0 saturated heterocycles. The molecule has 10 aromatic carbocycles. The minimum Gasteiger partial charge on any atom is -0.358 e. The van der Waals surface area contributed by atoms with Crippen molar-refractivity contribution in [2.45, 2.75) is 13.8 Å². The molecule has 0 aromatic heterocycles. The topological polar surface area (TPSA) is 0 Å². The van der Waals surface area contributed by atoms with Crippen LogP contribution in [-0.2, 0) is 26.2 Å². The van der Waals surface area contributed by atoms with Gasteiger partial charge in [-0.1, -0.05) is 193 Å². The van der Waals surface area contributed by atoms with Crippen LogP contribution in [0.4, 0.5) is 0 Å². The van der Waals surface area contributed by atoms with Crippen molar-refractivity contribution in [3.63, 3.8) is 0 Å². The van der Waals surface area contributed by atoms with Crippen molar-refractivity contribution < 1.29 is 26.2 Å². The second-order valence-corrected chi connectivity index (χ2v) is 15.0. The molecule has 0 unspecified atom stereocenters. The predicted molar refractivity (Wildman–Crippen MR) is 245 cm³/mol. The van der Waals surface area contributed by atoms with Gasteiger partial charge in [0.05, 0.1) is 0 Å². The van der Waals surface area contributed by atoms with Gasteiger partial charge in [0.15, 0.2) is 0 Å². The molecule has 0 atom stereocenters. The maximum absolute atomic E-state index is 2.28. The molecule has 0 fully saturated rings. The van der Waals surface area contributed by atoms with Gasteiger partial charge in [0.2, 0.25) is 0 Å². The number of aryl methyl sites for hydroxylation is 2. The van der Waals surface area contributed by atoms with Crippen molar-refractivity contribution in [1.29, 1.82) is 0 Å². The Morgan fingerprint density at radius 1 is 0.339 bits per heavy atom. The van der Waals surface area contributed by atoms with Crippen LogP contribution in [0.3, 0.4) is 0 Å². The molecule has 0 aliphatic heterocycles. The molecule has 0 nitrogen and oxygen atoms in total. The Morgan fingerprint density at radius 2 is 0.661 bits per heavy atom. The summed E-state index contributed by atoms with van der Waals surface area (Å²) in [4.78, 5) is 0. The van der Waals surface area contributed by atoms with Crippen LogP contribution in [0.1, 0.15) is 11.1 Å². The van der Waals surface area contributed by atoms with E-state index in [-0.39, 0.29) is 41.1 Å². The third-order valence-corrected chi connectivity index (χ3v) is 11.0. The van der Waals surface area contributed by atoms with Gasteiger partial charge in [0, 0.05) is 0 Å². The minimum atomic E-state index is 0. The Kier molecular flexibility index (Phi) is 14.5. The van der Waals surface area contributed by atoms with E-state index < -0.39 is 0 Å². The summed E-state index contributed by atoms with van der Waals surface area (Å²) in [6.07, 6.45) is 0. The monoisotopic (exact) mass is 812 g/mol. The average molecular weight is 814 g/mol. The van der Waals surface area contributed by atoms with Gasteiger partial charge in [-0.25, -0.2) is 0 Å². The van der Waals surface area contributed by atoms with Crippen LogP contribution >= 0.6 is 0 Å². The van der Waals surface area contributed by atoms with Crippen LogP contribution in [0.25, 0.3) is 65.3 Å². The Hall–Kier alpha value is -5.40. The predicted octanol–water partition coefficient (Wildman–Crippen LogP) is 13.6. The Balaban J connectivity index is 0.000000160. The van der Waals surface area contributed by atoms with E-state index in [0.717, 1.165) is 9.52 Å². The molecule has 0 aliphatic carbocycles. The zero-order valence-corrected chi connectivity index (χ0v) is 36.1. The molecule has 0 spiro atoms. The fraction of sp³-hybridized carbons (Fsp3) is 0.0370. The minimum absolute atomic E-state index is 0. The van der Waals surface area contributed by atoms with Gasteiger partial charge in [0.1, 0.15) is 9.52 Å². The van der Waals surface area contributed by atoms with Crippen molar-refractivity contribution in [2.75, 3.05) is 0 Å². The summed E-state index contributed by atoms with van der Waals surface area (Å²) in [7, 11) is 0.777. The molecule has 2 heteroatoms. The molecule has 10 aromatic rings. The molecule has 0 amide bonds. The van der Waals surface area contributed by atoms with E-state index in [1.807, 2.05) is 0 Å². The fourth-order valence-electron chi connectivity index (χ4n) is 7.37. The Morgan fingerprint density at radius 3 is 1.07 bits per heavy atom. The summed E-state index contributed by atoms with van der Waals surface area (Å²) in [5, 5.41) is 13.4. The Bertz CT molecular complexity index is 2570. The van der Waals surface area contributed by atoms with Gasteiger partial charge in [-0.3, -0.25) is 0 Å². The summed E-state index contributed by atoms with van der Waals surface area (Å²) in [6, 6.07) is 73.6. The first-order valence-corrected chi connectivity index (χ1v) is 19.3. The van der Waals surface area contributed by atoms with E-state index in [4.69, 9.17) is 0 Å². The number of hydrogen-bond donors (Lipinski definition) is 0. The van der Waals surface area contributed by atoms with Gasteiger partial charge < -0.3 is 14.9 Å². The van der Waals surface area contributed by atoms with Crippen LogP contribution in [0, 0.1) is 28.7 Å². The summed E-state index contributed by atoms with van der Waals surface area (Å²) in [5.74, 6) is 0. The van der Waals surface area contributed by atoms with E-state index in [0.29, 0.717) is 0 Å². The van der Waals surface area contributed by atoms with Crippen molar-refractivity contribution in [3.05, 3.63) is 232 Å². The zero-order chi connectivity index (χ0) is 36.0. The van der Waals surface area contributed by atoms with E-state index >= 15 is 0 Å². The molecule has 270 valence electrons. The van der Waals surface area contributed by atoms with Crippen LogP contribution in [0.15, 0.2) is 206 Å². The summed E-state index contributed by atoms with van der Waals surface area (Å²) >= 11 is 0. The van der Waals surface area contributed by atoms with Crippen LogP contribution in [0.5, 0.6) is 0 Å². The van der Waals surface area contributed by atoms with Crippen LogP contribution in [0.2, 0.25) is 0 Å². The van der Waals surface area contributed by atoms with Crippen molar-refractivity contribution >= 4 is 63.0 Å². The number of benzene rings is 8. The van der Waals surface area contributed by atoms with Gasteiger partial charge in [0.25, 0.3) is 0 Å². The molecule has 0 heterocycles. The van der Waals surface area contributed by atoms with E-state index in [1.54, 1.807) is 0 Å². The molecule has 56 heavy (non-hydrogen) atoms. The molecular formula is C54H46SiZr. The molecule has 0 saturated carbocycles. The number of fused-ring (bicyclic) bond motifs is 4. The SMILES string of the molecule is Cc1cc2c(-c3cccc4ccccc34)cccc2[cH-]1.Cc1cc2c(-c3cccc4ccccc34)cccc2[cH-]1.[CH3-].[CH3-].[Zr+4].c1ccc([Si]c2ccccc2)cc1. The van der Waals surface area contributed by atoms with Gasteiger partial charge in [-0.15, -0.1) is 69.1 Å². The van der Waals surface area contributed by atoms with Crippen molar-refractivity contribution in [1.82, 2.24) is 0 Å². The standard InChI is InChI=1S/2C20H15.C12H10Si.2CH3.Zr/c2*1-14-12-16-8-5-11-19(20(16)13-14)18-10-4-7-15-6-2-3-9-17(15)18;1-3-7-11(8-4-1)13-12-9-5-2-6-10-12;;;/h2*2-13H,1H3;1-10H;2*1H3;/q2*-1;;2*-1;+4. The molecular weight excluding hydrogens is 768 g/mol. The average Bonchev–Trinajstić information content (AvgIpc) is 3.79. The van der Waals surface area contributed by atoms with E-state index in [9.17, 15) is 0 Å². The molecule has 0 N–H and O–H groups in total. The van der Waals surface area contributed by atoms with Gasteiger partial charge in [-0.2, -0.15) is 12.1 Å². The van der Waals surface area contributed by atoms with Crippen molar-refractivity contribution in [2.24, 2.45) is 0 Å². The first-order valence-electron chi connectivity index (χ1n) is 18.3. The summed E-state index contributed by atoms with van der Waals surface area (Å²) in [5.41, 5.74) is 7.94. The van der Waals surface area contributed by atoms with E-state index in [1.165, 1.54) is 86.8 Å².